The van der Waals surface area contributed by atoms with Gasteiger partial charge in [-0.1, -0.05) is 59.6 Å². The van der Waals surface area contributed by atoms with Gasteiger partial charge in [-0.3, -0.25) is 4.79 Å². The first kappa shape index (κ1) is 23.3. The third kappa shape index (κ3) is 4.89. The molecule has 8 heteroatoms. The number of benzene rings is 3. The van der Waals surface area contributed by atoms with Crippen molar-refractivity contribution in [2.24, 2.45) is 0 Å². The summed E-state index contributed by atoms with van der Waals surface area (Å²) >= 11 is 6.06. The molecule has 4 aromatic rings. The van der Waals surface area contributed by atoms with Crippen LogP contribution in [0.2, 0.25) is 5.02 Å². The van der Waals surface area contributed by atoms with Crippen LogP contribution in [0, 0.1) is 6.92 Å². The highest BCUT2D eigenvalue weighted by molar-refractivity contribution is 6.33. The molecule has 0 fully saturated rings. The number of rotatable bonds is 4. The van der Waals surface area contributed by atoms with Crippen LogP contribution in [0.4, 0.5) is 13.2 Å². The molecule has 34 heavy (non-hydrogen) atoms. The number of hydrogen-bond acceptors (Lipinski definition) is 4. The van der Waals surface area contributed by atoms with Gasteiger partial charge in [0, 0.05) is 22.7 Å². The van der Waals surface area contributed by atoms with Crippen molar-refractivity contribution >= 4 is 34.6 Å². The smallest absolute Gasteiger partial charge is 0.450 e. The molecule has 1 aromatic heterocycles. The number of fused-ring (bicyclic) bond motifs is 1. The van der Waals surface area contributed by atoms with Gasteiger partial charge in [-0.2, -0.15) is 13.2 Å². The number of alkyl halides is 3. The molecule has 0 N–H and O–H groups in total. The van der Waals surface area contributed by atoms with Crippen LogP contribution in [0.15, 0.2) is 82.0 Å². The molecule has 0 atom stereocenters. The SMILES string of the molecule is Cc1ccc(C=CC(=O)Oc2ccc3c(=O)c(-c4ccccc4Cl)c(C(F)(F)F)oc3c2)cc1. The Bertz CT molecular complexity index is 1470. The molecule has 0 radical (unpaired) electrons. The maximum absolute atomic E-state index is 13.8. The lowest BCUT2D eigenvalue weighted by atomic mass is 10.0. The Morgan fingerprint density at radius 3 is 2.41 bits per heavy atom. The molecule has 4 rings (SSSR count). The lowest BCUT2D eigenvalue weighted by Crippen LogP contribution is -2.16. The summed E-state index contributed by atoms with van der Waals surface area (Å²) in [5.74, 6) is -2.31. The highest BCUT2D eigenvalue weighted by Gasteiger charge is 2.39. The summed E-state index contributed by atoms with van der Waals surface area (Å²) in [5, 5.41) is -0.136. The van der Waals surface area contributed by atoms with Gasteiger partial charge in [0.05, 0.1) is 10.9 Å². The van der Waals surface area contributed by atoms with Crippen molar-refractivity contribution in [1.82, 2.24) is 0 Å². The second-order valence-corrected chi connectivity index (χ2v) is 7.84. The van der Waals surface area contributed by atoms with Crippen LogP contribution in [-0.4, -0.2) is 5.97 Å². The van der Waals surface area contributed by atoms with E-state index in [0.717, 1.165) is 17.2 Å². The fourth-order valence-electron chi connectivity index (χ4n) is 3.34. The Hall–Kier alpha value is -3.84. The standard InChI is InChI=1S/C26H16ClF3O4/c1-15-6-8-16(9-7-15)10-13-22(31)33-17-11-12-19-21(14-17)34-25(26(28,29)30)23(24(19)32)18-4-2-3-5-20(18)27/h2-14H,1H3. The van der Waals surface area contributed by atoms with Gasteiger partial charge in [0.2, 0.25) is 11.2 Å². The van der Waals surface area contributed by atoms with E-state index in [1.807, 2.05) is 31.2 Å². The van der Waals surface area contributed by atoms with Crippen LogP contribution >= 0.6 is 11.6 Å². The average Bonchev–Trinajstić information content (AvgIpc) is 2.78. The molecule has 0 spiro atoms. The van der Waals surface area contributed by atoms with Crippen molar-refractivity contribution in [2.45, 2.75) is 13.1 Å². The van der Waals surface area contributed by atoms with Crippen LogP contribution in [0.25, 0.3) is 28.2 Å². The summed E-state index contributed by atoms with van der Waals surface area (Å²) in [5.41, 5.74) is -0.220. The van der Waals surface area contributed by atoms with Crippen molar-refractivity contribution < 1.29 is 27.1 Å². The normalized spacial score (nSPS) is 11.8. The van der Waals surface area contributed by atoms with Crippen molar-refractivity contribution in [3.8, 4) is 16.9 Å². The van der Waals surface area contributed by atoms with Crippen LogP contribution in [0.3, 0.4) is 0 Å². The minimum Gasteiger partial charge on any atom is -0.450 e. The molecular weight excluding hydrogens is 469 g/mol. The van der Waals surface area contributed by atoms with Crippen LogP contribution in [-0.2, 0) is 11.0 Å². The highest BCUT2D eigenvalue weighted by Crippen LogP contribution is 2.39. The molecule has 0 aliphatic carbocycles. The molecule has 0 bridgehead atoms. The van der Waals surface area contributed by atoms with Crippen LogP contribution in [0.5, 0.6) is 5.75 Å². The summed E-state index contributed by atoms with van der Waals surface area (Å²) in [7, 11) is 0. The summed E-state index contributed by atoms with van der Waals surface area (Å²) in [6.07, 6.45) is -2.24. The van der Waals surface area contributed by atoms with E-state index >= 15 is 0 Å². The van der Waals surface area contributed by atoms with E-state index in [-0.39, 0.29) is 27.3 Å². The maximum Gasteiger partial charge on any atom is 0.450 e. The van der Waals surface area contributed by atoms with Crippen molar-refractivity contribution in [3.05, 3.63) is 105 Å². The highest BCUT2D eigenvalue weighted by atomic mass is 35.5. The van der Waals surface area contributed by atoms with Gasteiger partial charge in [0.1, 0.15) is 11.3 Å². The van der Waals surface area contributed by atoms with Crippen molar-refractivity contribution in [1.29, 1.82) is 0 Å². The van der Waals surface area contributed by atoms with Crippen LogP contribution in [0.1, 0.15) is 16.9 Å². The zero-order valence-corrected chi connectivity index (χ0v) is 18.4. The summed E-state index contributed by atoms with van der Waals surface area (Å²) in [4.78, 5) is 25.2. The maximum atomic E-state index is 13.8. The number of hydrogen-bond donors (Lipinski definition) is 0. The van der Waals surface area contributed by atoms with Gasteiger partial charge in [-0.15, -0.1) is 0 Å². The van der Waals surface area contributed by atoms with E-state index in [9.17, 15) is 22.8 Å². The summed E-state index contributed by atoms with van der Waals surface area (Å²) in [6.45, 7) is 1.93. The van der Waals surface area contributed by atoms with Gasteiger partial charge in [-0.25, -0.2) is 4.79 Å². The van der Waals surface area contributed by atoms with Gasteiger partial charge in [0.15, 0.2) is 0 Å². The molecule has 0 aliphatic rings. The Labute approximate surface area is 196 Å². The number of carbonyl (C=O) groups is 1. The number of aryl methyl sites for hydroxylation is 1. The first-order valence-corrected chi connectivity index (χ1v) is 10.4. The number of esters is 1. The van der Waals surface area contributed by atoms with E-state index in [4.69, 9.17) is 20.8 Å². The zero-order chi connectivity index (χ0) is 24.5. The lowest BCUT2D eigenvalue weighted by Gasteiger charge is -2.14. The van der Waals surface area contributed by atoms with Gasteiger partial charge >= 0.3 is 12.1 Å². The molecule has 1 heterocycles. The van der Waals surface area contributed by atoms with E-state index in [1.165, 1.54) is 42.5 Å². The molecule has 4 nitrogen and oxygen atoms in total. The minimum absolute atomic E-state index is 0.0226. The molecule has 0 aliphatic heterocycles. The molecule has 0 saturated heterocycles. The Morgan fingerprint density at radius 1 is 1.03 bits per heavy atom. The summed E-state index contributed by atoms with van der Waals surface area (Å²) in [6, 6.07) is 16.7. The minimum atomic E-state index is -4.97. The third-order valence-corrected chi connectivity index (χ3v) is 5.30. The second-order valence-electron chi connectivity index (χ2n) is 7.44. The van der Waals surface area contributed by atoms with E-state index in [2.05, 4.69) is 0 Å². The number of halogens is 4. The predicted octanol–water partition coefficient (Wildman–Crippen LogP) is 7.06. The monoisotopic (exact) mass is 484 g/mol. The second kappa shape index (κ2) is 9.19. The molecule has 172 valence electrons. The first-order chi connectivity index (χ1) is 16.1. The topological polar surface area (TPSA) is 56.5 Å². The largest absolute Gasteiger partial charge is 0.450 e. The zero-order valence-electron chi connectivity index (χ0n) is 17.7. The van der Waals surface area contributed by atoms with Gasteiger partial charge < -0.3 is 9.15 Å². The molecule has 0 amide bonds. The third-order valence-electron chi connectivity index (χ3n) is 4.97. The van der Waals surface area contributed by atoms with Crippen molar-refractivity contribution in [2.75, 3.05) is 0 Å². The van der Waals surface area contributed by atoms with E-state index in [1.54, 1.807) is 6.08 Å². The number of ether oxygens (including phenoxy) is 1. The molecular formula is C26H16ClF3O4. The van der Waals surface area contributed by atoms with Gasteiger partial charge in [-0.05, 0) is 36.8 Å². The Kier molecular flexibility index (Phi) is 6.30. The van der Waals surface area contributed by atoms with Crippen molar-refractivity contribution in [3.63, 3.8) is 0 Å². The molecule has 0 saturated carbocycles. The van der Waals surface area contributed by atoms with Gasteiger partial charge in [0.25, 0.3) is 0 Å². The number of carbonyl (C=O) groups excluding carboxylic acids is 1. The lowest BCUT2D eigenvalue weighted by molar-refractivity contribution is -0.152. The quantitative estimate of drug-likeness (QED) is 0.177. The Balaban J connectivity index is 1.72. The Morgan fingerprint density at radius 2 is 1.74 bits per heavy atom. The van der Waals surface area contributed by atoms with E-state index in [0.29, 0.717) is 0 Å². The van der Waals surface area contributed by atoms with E-state index < -0.39 is 28.9 Å². The fourth-order valence-corrected chi connectivity index (χ4v) is 3.57. The fraction of sp³-hybridized carbons (Fsp3) is 0.0769. The molecule has 3 aromatic carbocycles. The summed E-state index contributed by atoms with van der Waals surface area (Å²) < 4.78 is 51.7. The predicted molar refractivity (Wildman–Crippen MR) is 124 cm³/mol. The molecule has 0 unspecified atom stereocenters. The average molecular weight is 485 g/mol. The van der Waals surface area contributed by atoms with Crippen LogP contribution < -0.4 is 10.2 Å². The first-order valence-electron chi connectivity index (χ1n) is 10.0.